The standard InChI is InChI=1S/C26H27NO6S/c1-4-19-10-12-21(13-11-19)23(28)18-33-26(29)22-14-15-24(32-3)25(16-22)34(30,31)27(2)17-20-8-6-5-7-9-20/h5-16H,4,17-18H2,1-3H3. The van der Waals surface area contributed by atoms with Gasteiger partial charge < -0.3 is 9.47 Å². The highest BCUT2D eigenvalue weighted by molar-refractivity contribution is 7.89. The van der Waals surface area contributed by atoms with Gasteiger partial charge in [0.05, 0.1) is 12.7 Å². The zero-order valence-corrected chi connectivity index (χ0v) is 20.2. The van der Waals surface area contributed by atoms with Gasteiger partial charge in [0.25, 0.3) is 0 Å². The number of methoxy groups -OCH3 is 1. The normalized spacial score (nSPS) is 11.3. The number of hydrogen-bond donors (Lipinski definition) is 0. The van der Waals surface area contributed by atoms with Crippen LogP contribution in [0.4, 0.5) is 0 Å². The van der Waals surface area contributed by atoms with Crippen molar-refractivity contribution >= 4 is 21.8 Å². The zero-order chi connectivity index (χ0) is 24.7. The van der Waals surface area contributed by atoms with Crippen molar-refractivity contribution < 1.29 is 27.5 Å². The molecule has 3 rings (SSSR count). The number of nitrogens with zero attached hydrogens (tertiary/aromatic N) is 1. The van der Waals surface area contributed by atoms with E-state index in [9.17, 15) is 18.0 Å². The third-order valence-electron chi connectivity index (χ3n) is 5.35. The Morgan fingerprint density at radius 1 is 0.882 bits per heavy atom. The van der Waals surface area contributed by atoms with Gasteiger partial charge in [-0.25, -0.2) is 13.2 Å². The second-order valence-electron chi connectivity index (χ2n) is 7.66. The smallest absolute Gasteiger partial charge is 0.338 e. The third kappa shape index (κ3) is 5.89. The van der Waals surface area contributed by atoms with Crippen LogP contribution in [0.1, 0.15) is 38.8 Å². The summed E-state index contributed by atoms with van der Waals surface area (Å²) in [4.78, 5) is 24.8. The Morgan fingerprint density at radius 3 is 2.15 bits per heavy atom. The fraction of sp³-hybridized carbons (Fsp3) is 0.231. The molecular formula is C26H27NO6S. The number of rotatable bonds is 10. The van der Waals surface area contributed by atoms with E-state index in [-0.39, 0.29) is 28.5 Å². The van der Waals surface area contributed by atoms with Crippen molar-refractivity contribution in [1.29, 1.82) is 0 Å². The van der Waals surface area contributed by atoms with Gasteiger partial charge in [-0.15, -0.1) is 0 Å². The lowest BCUT2D eigenvalue weighted by molar-refractivity contribution is 0.0474. The topological polar surface area (TPSA) is 90.0 Å². The molecule has 0 bridgehead atoms. The van der Waals surface area contributed by atoms with Gasteiger partial charge in [-0.3, -0.25) is 4.79 Å². The summed E-state index contributed by atoms with van der Waals surface area (Å²) in [5.41, 5.74) is 2.35. The summed E-state index contributed by atoms with van der Waals surface area (Å²) in [7, 11) is -1.18. The second kappa shape index (κ2) is 11.1. The lowest BCUT2D eigenvalue weighted by atomic mass is 10.1. The molecule has 0 fully saturated rings. The number of carbonyl (C=O) groups is 2. The van der Waals surface area contributed by atoms with Crippen LogP contribution in [0, 0.1) is 0 Å². The fourth-order valence-electron chi connectivity index (χ4n) is 3.32. The largest absolute Gasteiger partial charge is 0.495 e. The minimum atomic E-state index is -3.98. The number of carbonyl (C=O) groups excluding carboxylic acids is 2. The second-order valence-corrected chi connectivity index (χ2v) is 9.68. The Hall–Kier alpha value is -3.49. The van der Waals surface area contributed by atoms with Crippen LogP contribution in [0.5, 0.6) is 5.75 Å². The maximum Gasteiger partial charge on any atom is 0.338 e. The minimum absolute atomic E-state index is 0.00150. The maximum atomic E-state index is 13.2. The van der Waals surface area contributed by atoms with E-state index in [1.165, 1.54) is 36.7 Å². The van der Waals surface area contributed by atoms with Crippen molar-refractivity contribution in [3.63, 3.8) is 0 Å². The number of esters is 1. The molecule has 0 radical (unpaired) electrons. The van der Waals surface area contributed by atoms with Crippen LogP contribution in [0.3, 0.4) is 0 Å². The van der Waals surface area contributed by atoms with Gasteiger partial charge >= 0.3 is 5.97 Å². The van der Waals surface area contributed by atoms with Crippen LogP contribution in [-0.2, 0) is 27.7 Å². The molecular weight excluding hydrogens is 454 g/mol. The van der Waals surface area contributed by atoms with E-state index in [2.05, 4.69) is 0 Å². The van der Waals surface area contributed by atoms with Crippen molar-refractivity contribution in [3.05, 3.63) is 95.1 Å². The molecule has 0 aliphatic heterocycles. The third-order valence-corrected chi connectivity index (χ3v) is 7.18. The summed E-state index contributed by atoms with van der Waals surface area (Å²) >= 11 is 0. The highest BCUT2D eigenvalue weighted by Gasteiger charge is 2.27. The summed E-state index contributed by atoms with van der Waals surface area (Å²) < 4.78 is 38.0. The van der Waals surface area contributed by atoms with Crippen molar-refractivity contribution in [1.82, 2.24) is 4.31 Å². The van der Waals surface area contributed by atoms with Crippen LogP contribution in [0.15, 0.2) is 77.7 Å². The number of benzene rings is 3. The van der Waals surface area contributed by atoms with Gasteiger partial charge in [0, 0.05) is 19.2 Å². The molecule has 0 saturated carbocycles. The predicted molar refractivity (Wildman–Crippen MR) is 129 cm³/mol. The molecule has 0 amide bonds. The van der Waals surface area contributed by atoms with E-state index in [1.807, 2.05) is 49.4 Å². The van der Waals surface area contributed by atoms with Crippen molar-refractivity contribution in [2.75, 3.05) is 20.8 Å². The number of sulfonamides is 1. The average molecular weight is 482 g/mol. The molecule has 0 N–H and O–H groups in total. The van der Waals surface area contributed by atoms with Gasteiger partial charge in [-0.05, 0) is 35.7 Å². The highest BCUT2D eigenvalue weighted by Crippen LogP contribution is 2.28. The lowest BCUT2D eigenvalue weighted by Gasteiger charge is -2.19. The molecule has 0 unspecified atom stereocenters. The first-order valence-corrected chi connectivity index (χ1v) is 12.2. The highest BCUT2D eigenvalue weighted by atomic mass is 32.2. The van der Waals surface area contributed by atoms with E-state index in [1.54, 1.807) is 12.1 Å². The average Bonchev–Trinajstić information content (AvgIpc) is 2.87. The van der Waals surface area contributed by atoms with Crippen LogP contribution in [-0.4, -0.2) is 45.2 Å². The van der Waals surface area contributed by atoms with E-state index < -0.39 is 22.6 Å². The summed E-state index contributed by atoms with van der Waals surface area (Å²) in [6, 6.07) is 20.2. The Kier molecular flexibility index (Phi) is 8.20. The first-order chi connectivity index (χ1) is 16.3. The van der Waals surface area contributed by atoms with Gasteiger partial charge in [0.2, 0.25) is 10.0 Å². The van der Waals surface area contributed by atoms with Crippen LogP contribution in [0.2, 0.25) is 0 Å². The summed E-state index contributed by atoms with van der Waals surface area (Å²) in [6.07, 6.45) is 0.854. The molecule has 0 heterocycles. The SMILES string of the molecule is CCc1ccc(C(=O)COC(=O)c2ccc(OC)c(S(=O)(=O)N(C)Cc3ccccc3)c2)cc1. The Labute approximate surface area is 200 Å². The monoisotopic (exact) mass is 481 g/mol. The maximum absolute atomic E-state index is 13.2. The lowest BCUT2D eigenvalue weighted by Crippen LogP contribution is -2.27. The minimum Gasteiger partial charge on any atom is -0.495 e. The van der Waals surface area contributed by atoms with E-state index >= 15 is 0 Å². The van der Waals surface area contributed by atoms with Crippen LogP contribution < -0.4 is 4.74 Å². The van der Waals surface area contributed by atoms with Gasteiger partial charge in [0.15, 0.2) is 12.4 Å². The number of ether oxygens (including phenoxy) is 2. The number of ketones is 1. The summed E-state index contributed by atoms with van der Waals surface area (Å²) in [5.74, 6) is -1.05. The molecule has 0 atom stereocenters. The first-order valence-electron chi connectivity index (χ1n) is 10.7. The quantitative estimate of drug-likeness (QED) is 0.320. The van der Waals surface area contributed by atoms with E-state index in [4.69, 9.17) is 9.47 Å². The molecule has 3 aromatic carbocycles. The van der Waals surface area contributed by atoms with E-state index in [0.717, 1.165) is 17.5 Å². The number of aryl methyl sites for hydroxylation is 1. The molecule has 34 heavy (non-hydrogen) atoms. The molecule has 0 spiro atoms. The molecule has 3 aromatic rings. The summed E-state index contributed by atoms with van der Waals surface area (Å²) in [6.45, 7) is 1.71. The van der Waals surface area contributed by atoms with Gasteiger partial charge in [-0.1, -0.05) is 61.5 Å². The van der Waals surface area contributed by atoms with E-state index in [0.29, 0.717) is 5.56 Å². The molecule has 7 nitrogen and oxygen atoms in total. The van der Waals surface area contributed by atoms with Crippen LogP contribution in [0.25, 0.3) is 0 Å². The Morgan fingerprint density at radius 2 is 1.53 bits per heavy atom. The number of hydrogen-bond acceptors (Lipinski definition) is 6. The Balaban J connectivity index is 1.76. The number of Topliss-reactive ketones (excluding diaryl/α,β-unsaturated/α-hetero) is 1. The Bertz CT molecular complexity index is 1250. The van der Waals surface area contributed by atoms with Crippen LogP contribution >= 0.6 is 0 Å². The first kappa shape index (κ1) is 25.1. The fourth-order valence-corrected chi connectivity index (χ4v) is 4.66. The predicted octanol–water partition coefficient (Wildman–Crippen LogP) is 4.12. The zero-order valence-electron chi connectivity index (χ0n) is 19.4. The summed E-state index contributed by atoms with van der Waals surface area (Å²) in [5, 5.41) is 0. The molecule has 0 saturated heterocycles. The van der Waals surface area contributed by atoms with Gasteiger partial charge in [-0.2, -0.15) is 4.31 Å². The van der Waals surface area contributed by atoms with Crippen molar-refractivity contribution in [3.8, 4) is 5.75 Å². The van der Waals surface area contributed by atoms with Crippen molar-refractivity contribution in [2.45, 2.75) is 24.8 Å². The van der Waals surface area contributed by atoms with Gasteiger partial charge in [0.1, 0.15) is 10.6 Å². The molecule has 0 aliphatic carbocycles. The molecule has 0 aromatic heterocycles. The van der Waals surface area contributed by atoms with Crippen molar-refractivity contribution in [2.24, 2.45) is 0 Å². The molecule has 8 heteroatoms. The molecule has 0 aliphatic rings. The molecule has 178 valence electrons.